The molecule has 2 N–H and O–H groups in total. The van der Waals surface area contributed by atoms with Crippen molar-refractivity contribution in [3.63, 3.8) is 0 Å². The van der Waals surface area contributed by atoms with E-state index >= 15 is 0 Å². The van der Waals surface area contributed by atoms with E-state index in [4.69, 9.17) is 15.2 Å². The summed E-state index contributed by atoms with van der Waals surface area (Å²) in [5.74, 6) is 2.35. The molecule has 0 heterocycles. The second-order valence-electron chi connectivity index (χ2n) is 5.19. The van der Waals surface area contributed by atoms with Crippen LogP contribution in [0.15, 0.2) is 48.5 Å². The Hall–Kier alpha value is -2.00. The molecular weight excluding hydrogens is 262 g/mol. The third-order valence-corrected chi connectivity index (χ3v) is 3.05. The molecule has 2 aromatic carbocycles. The first-order valence-corrected chi connectivity index (χ1v) is 7.44. The number of ether oxygens (including phenoxy) is 2. The molecule has 0 spiro atoms. The lowest BCUT2D eigenvalue weighted by Gasteiger charge is -2.15. The van der Waals surface area contributed by atoms with Gasteiger partial charge in [-0.05, 0) is 43.5 Å². The van der Waals surface area contributed by atoms with Crippen LogP contribution in [0.4, 0.5) is 0 Å². The number of hydrogen-bond acceptors (Lipinski definition) is 3. The van der Waals surface area contributed by atoms with Crippen LogP contribution in [0.5, 0.6) is 17.2 Å². The summed E-state index contributed by atoms with van der Waals surface area (Å²) in [5.41, 5.74) is 7.01. The molecule has 112 valence electrons. The number of benzene rings is 2. The summed E-state index contributed by atoms with van der Waals surface area (Å²) in [6.45, 7) is 4.76. The van der Waals surface area contributed by atoms with Crippen molar-refractivity contribution in [1.82, 2.24) is 0 Å². The fourth-order valence-corrected chi connectivity index (χ4v) is 2.10. The summed E-state index contributed by atoms with van der Waals surface area (Å²) in [6, 6.07) is 15.8. The van der Waals surface area contributed by atoms with Crippen LogP contribution in [0.1, 0.15) is 25.8 Å². The lowest BCUT2D eigenvalue weighted by molar-refractivity contribution is 0.302. The fraction of sp³-hybridized carbons (Fsp3) is 0.333. The van der Waals surface area contributed by atoms with Crippen molar-refractivity contribution in [1.29, 1.82) is 0 Å². The van der Waals surface area contributed by atoms with Crippen LogP contribution >= 0.6 is 0 Å². The van der Waals surface area contributed by atoms with Gasteiger partial charge in [0.1, 0.15) is 5.75 Å². The smallest absolute Gasteiger partial charge is 0.169 e. The summed E-state index contributed by atoms with van der Waals surface area (Å²) in [5, 5.41) is 0. The monoisotopic (exact) mass is 285 g/mol. The van der Waals surface area contributed by atoms with Crippen molar-refractivity contribution >= 4 is 0 Å². The number of nitrogens with two attached hydrogens (primary N) is 1. The second kappa shape index (κ2) is 7.70. The zero-order valence-electron chi connectivity index (χ0n) is 12.7. The maximum atomic E-state index is 6.06. The Labute approximate surface area is 126 Å². The molecule has 0 saturated carbocycles. The molecule has 0 saturated heterocycles. The van der Waals surface area contributed by atoms with E-state index in [9.17, 15) is 0 Å². The molecular formula is C18H23NO2. The van der Waals surface area contributed by atoms with E-state index in [-0.39, 0.29) is 6.04 Å². The number of hydrogen-bond donors (Lipinski definition) is 1. The molecule has 21 heavy (non-hydrogen) atoms. The Morgan fingerprint density at radius 3 is 2.24 bits per heavy atom. The van der Waals surface area contributed by atoms with E-state index < -0.39 is 0 Å². The van der Waals surface area contributed by atoms with Gasteiger partial charge in [0.05, 0.1) is 6.61 Å². The Bertz CT molecular complexity index is 567. The molecule has 0 fully saturated rings. The summed E-state index contributed by atoms with van der Waals surface area (Å²) in [4.78, 5) is 0. The highest BCUT2D eigenvalue weighted by Crippen LogP contribution is 2.33. The first kappa shape index (κ1) is 15.4. The highest BCUT2D eigenvalue weighted by Gasteiger charge is 2.10. The highest BCUT2D eigenvalue weighted by molar-refractivity contribution is 5.45. The van der Waals surface area contributed by atoms with Crippen LogP contribution in [0, 0.1) is 0 Å². The molecule has 1 atom stereocenters. The van der Waals surface area contributed by atoms with E-state index in [2.05, 4.69) is 6.92 Å². The normalized spacial score (nSPS) is 12.0. The summed E-state index contributed by atoms with van der Waals surface area (Å²) in [6.07, 6.45) is 1.75. The fourth-order valence-electron chi connectivity index (χ4n) is 2.10. The van der Waals surface area contributed by atoms with Gasteiger partial charge < -0.3 is 15.2 Å². The van der Waals surface area contributed by atoms with E-state index in [1.807, 2.05) is 55.5 Å². The molecule has 0 aromatic heterocycles. The lowest BCUT2D eigenvalue weighted by atomic mass is 10.1. The van der Waals surface area contributed by atoms with Crippen molar-refractivity contribution in [2.24, 2.45) is 5.73 Å². The van der Waals surface area contributed by atoms with Gasteiger partial charge in [0.15, 0.2) is 11.5 Å². The van der Waals surface area contributed by atoms with Gasteiger partial charge in [0, 0.05) is 6.04 Å². The first-order chi connectivity index (χ1) is 10.2. The summed E-state index contributed by atoms with van der Waals surface area (Å²) in [7, 11) is 0. The topological polar surface area (TPSA) is 44.5 Å². The predicted molar refractivity (Wildman–Crippen MR) is 86.1 cm³/mol. The Kier molecular flexibility index (Phi) is 5.64. The molecule has 3 heteroatoms. The van der Waals surface area contributed by atoms with Crippen molar-refractivity contribution in [2.75, 3.05) is 6.61 Å². The third-order valence-electron chi connectivity index (χ3n) is 3.05. The molecule has 0 amide bonds. The van der Waals surface area contributed by atoms with Crippen LogP contribution in [-0.4, -0.2) is 12.6 Å². The van der Waals surface area contributed by atoms with Crippen LogP contribution < -0.4 is 15.2 Å². The minimum absolute atomic E-state index is 0.0985. The van der Waals surface area contributed by atoms with E-state index in [0.29, 0.717) is 6.61 Å². The van der Waals surface area contributed by atoms with Gasteiger partial charge in [-0.1, -0.05) is 37.3 Å². The van der Waals surface area contributed by atoms with Gasteiger partial charge in [-0.3, -0.25) is 0 Å². The first-order valence-electron chi connectivity index (χ1n) is 7.44. The molecule has 0 aliphatic rings. The van der Waals surface area contributed by atoms with Crippen molar-refractivity contribution in [3.05, 3.63) is 54.1 Å². The average molecular weight is 285 g/mol. The third kappa shape index (κ3) is 4.50. The molecule has 0 radical (unpaired) electrons. The molecule has 0 aliphatic heterocycles. The maximum absolute atomic E-state index is 6.06. The van der Waals surface area contributed by atoms with Crippen LogP contribution in [0.3, 0.4) is 0 Å². The highest BCUT2D eigenvalue weighted by atomic mass is 16.5. The Balaban J connectivity index is 2.22. The zero-order chi connectivity index (χ0) is 15.1. The molecule has 1 unspecified atom stereocenters. The van der Waals surface area contributed by atoms with Gasteiger partial charge in [-0.2, -0.15) is 0 Å². The van der Waals surface area contributed by atoms with Crippen LogP contribution in [0.25, 0.3) is 0 Å². The van der Waals surface area contributed by atoms with Crippen LogP contribution in [-0.2, 0) is 6.42 Å². The van der Waals surface area contributed by atoms with Crippen molar-refractivity contribution < 1.29 is 9.47 Å². The Morgan fingerprint density at radius 2 is 1.57 bits per heavy atom. The quantitative estimate of drug-likeness (QED) is 0.831. The number of para-hydroxylation sites is 3. The summed E-state index contributed by atoms with van der Waals surface area (Å²) >= 11 is 0. The zero-order valence-corrected chi connectivity index (χ0v) is 12.7. The molecule has 2 aromatic rings. The molecule has 0 bridgehead atoms. The van der Waals surface area contributed by atoms with Crippen molar-refractivity contribution in [2.45, 2.75) is 32.7 Å². The van der Waals surface area contributed by atoms with E-state index in [1.165, 1.54) is 0 Å². The molecule has 3 nitrogen and oxygen atoms in total. The largest absolute Gasteiger partial charge is 0.490 e. The van der Waals surface area contributed by atoms with Gasteiger partial charge in [0.2, 0.25) is 0 Å². The number of rotatable bonds is 7. The van der Waals surface area contributed by atoms with E-state index in [0.717, 1.165) is 35.7 Å². The minimum atomic E-state index is 0.0985. The SMILES string of the molecule is CCCOc1ccccc1Oc1ccccc1CC(C)N. The maximum Gasteiger partial charge on any atom is 0.169 e. The minimum Gasteiger partial charge on any atom is -0.490 e. The van der Waals surface area contributed by atoms with E-state index in [1.54, 1.807) is 0 Å². The average Bonchev–Trinajstić information content (AvgIpc) is 2.48. The molecule has 0 aliphatic carbocycles. The van der Waals surface area contributed by atoms with Gasteiger partial charge in [0.25, 0.3) is 0 Å². The van der Waals surface area contributed by atoms with Crippen molar-refractivity contribution in [3.8, 4) is 17.2 Å². The van der Waals surface area contributed by atoms with Gasteiger partial charge in [-0.25, -0.2) is 0 Å². The lowest BCUT2D eigenvalue weighted by Crippen LogP contribution is -2.18. The summed E-state index contributed by atoms with van der Waals surface area (Å²) < 4.78 is 11.8. The van der Waals surface area contributed by atoms with Crippen LogP contribution in [0.2, 0.25) is 0 Å². The Morgan fingerprint density at radius 1 is 0.952 bits per heavy atom. The van der Waals surface area contributed by atoms with Gasteiger partial charge in [-0.15, -0.1) is 0 Å². The second-order valence-corrected chi connectivity index (χ2v) is 5.19. The predicted octanol–water partition coefficient (Wildman–Crippen LogP) is 4.16. The standard InChI is InChI=1S/C18H23NO2/c1-3-12-20-17-10-6-7-11-18(17)21-16-9-5-4-8-15(16)13-14(2)19/h4-11,14H,3,12-13,19H2,1-2H3. The molecule has 2 rings (SSSR count). The van der Waals surface area contributed by atoms with Gasteiger partial charge >= 0.3 is 0 Å².